The monoisotopic (exact) mass is 215 g/mol. The zero-order chi connectivity index (χ0) is 10.4. The molecule has 1 atom stereocenters. The minimum absolute atomic E-state index is 0.227. The van der Waals surface area contributed by atoms with Gasteiger partial charge in [0, 0.05) is 24.6 Å². The van der Waals surface area contributed by atoms with Crippen molar-refractivity contribution in [3.63, 3.8) is 0 Å². The number of rotatable bonds is 6. The molecule has 0 aliphatic carbocycles. The molecule has 5 heteroatoms. The van der Waals surface area contributed by atoms with Crippen LogP contribution in [0.5, 0.6) is 0 Å². The molecule has 0 bridgehead atoms. The molecule has 0 radical (unpaired) electrons. The summed E-state index contributed by atoms with van der Waals surface area (Å²) in [6, 6.07) is 0.349. The molecule has 0 aliphatic heterocycles. The van der Waals surface area contributed by atoms with E-state index in [1.165, 1.54) is 11.5 Å². The molecular weight excluding hydrogens is 198 g/mol. The predicted octanol–water partition coefficient (Wildman–Crippen LogP) is 1.03. The van der Waals surface area contributed by atoms with Crippen molar-refractivity contribution in [2.75, 3.05) is 6.61 Å². The Bertz CT molecular complexity index is 238. The van der Waals surface area contributed by atoms with E-state index >= 15 is 0 Å². The van der Waals surface area contributed by atoms with E-state index in [2.05, 4.69) is 28.8 Å². The van der Waals surface area contributed by atoms with Crippen molar-refractivity contribution >= 4 is 11.5 Å². The van der Waals surface area contributed by atoms with Gasteiger partial charge in [0.15, 0.2) is 0 Å². The smallest absolute Gasteiger partial charge is 0.0893 e. The van der Waals surface area contributed by atoms with Gasteiger partial charge in [-0.1, -0.05) is 18.3 Å². The molecule has 0 saturated heterocycles. The molecule has 80 valence electrons. The largest absolute Gasteiger partial charge is 0.396 e. The van der Waals surface area contributed by atoms with Gasteiger partial charge in [-0.25, -0.2) is 0 Å². The molecule has 14 heavy (non-hydrogen) atoms. The molecule has 0 spiro atoms. The lowest BCUT2D eigenvalue weighted by Crippen LogP contribution is -2.34. The van der Waals surface area contributed by atoms with E-state index < -0.39 is 0 Å². The zero-order valence-corrected chi connectivity index (χ0v) is 9.42. The Balaban J connectivity index is 2.33. The van der Waals surface area contributed by atoms with Crippen LogP contribution < -0.4 is 5.32 Å². The molecule has 0 aromatic carbocycles. The number of hydrogen-bond acceptors (Lipinski definition) is 5. The SMILES string of the molecule is CC(C)C(CCO)NCc1csnn1. The summed E-state index contributed by atoms with van der Waals surface area (Å²) >= 11 is 1.36. The molecule has 2 N–H and O–H groups in total. The number of hydrogen-bond donors (Lipinski definition) is 2. The van der Waals surface area contributed by atoms with Crippen molar-refractivity contribution in [2.24, 2.45) is 5.92 Å². The Labute approximate surface area is 88.5 Å². The summed E-state index contributed by atoms with van der Waals surface area (Å²) in [5.41, 5.74) is 0.971. The number of aromatic nitrogens is 2. The minimum atomic E-state index is 0.227. The highest BCUT2D eigenvalue weighted by Crippen LogP contribution is 2.07. The molecule has 0 aliphatic rings. The summed E-state index contributed by atoms with van der Waals surface area (Å²) in [4.78, 5) is 0. The molecular formula is C9H17N3OS. The molecule has 0 amide bonds. The molecule has 1 rings (SSSR count). The lowest BCUT2D eigenvalue weighted by Gasteiger charge is -2.20. The first-order chi connectivity index (χ1) is 6.74. The lowest BCUT2D eigenvalue weighted by atomic mass is 10.0. The summed E-state index contributed by atoms with van der Waals surface area (Å²) < 4.78 is 3.79. The fraction of sp³-hybridized carbons (Fsp3) is 0.778. The second kappa shape index (κ2) is 6.06. The maximum absolute atomic E-state index is 8.88. The van der Waals surface area contributed by atoms with Crippen LogP contribution in [0.4, 0.5) is 0 Å². The van der Waals surface area contributed by atoms with Crippen LogP contribution in [0.15, 0.2) is 5.38 Å². The van der Waals surface area contributed by atoms with Crippen molar-refractivity contribution in [1.82, 2.24) is 14.9 Å². The van der Waals surface area contributed by atoms with E-state index in [9.17, 15) is 0 Å². The summed E-state index contributed by atoms with van der Waals surface area (Å²) in [6.07, 6.45) is 0.787. The molecule has 1 aromatic heterocycles. The maximum Gasteiger partial charge on any atom is 0.0893 e. The van der Waals surface area contributed by atoms with Crippen molar-refractivity contribution in [2.45, 2.75) is 32.9 Å². The van der Waals surface area contributed by atoms with Gasteiger partial charge in [-0.3, -0.25) is 0 Å². The first-order valence-electron chi connectivity index (χ1n) is 4.84. The summed E-state index contributed by atoms with van der Waals surface area (Å²) in [5, 5.41) is 18.1. The molecule has 1 aromatic rings. The highest BCUT2D eigenvalue weighted by molar-refractivity contribution is 7.03. The van der Waals surface area contributed by atoms with Crippen molar-refractivity contribution < 1.29 is 5.11 Å². The fourth-order valence-corrected chi connectivity index (χ4v) is 1.76. The second-order valence-corrected chi connectivity index (χ2v) is 4.25. The summed E-state index contributed by atoms with van der Waals surface area (Å²) in [5.74, 6) is 0.522. The summed E-state index contributed by atoms with van der Waals surface area (Å²) in [7, 11) is 0. The van der Waals surface area contributed by atoms with E-state index in [1.807, 2.05) is 5.38 Å². The van der Waals surface area contributed by atoms with Crippen LogP contribution in [0.2, 0.25) is 0 Å². The van der Waals surface area contributed by atoms with Gasteiger partial charge in [0.1, 0.15) is 0 Å². The Kier molecular flexibility index (Phi) is 5.00. The Morgan fingerprint density at radius 2 is 2.36 bits per heavy atom. The van der Waals surface area contributed by atoms with Gasteiger partial charge < -0.3 is 10.4 Å². The highest BCUT2D eigenvalue weighted by atomic mass is 32.1. The number of aliphatic hydroxyl groups excluding tert-OH is 1. The number of aliphatic hydroxyl groups is 1. The standard InChI is InChI=1S/C9H17N3OS/c1-7(2)9(3-4-13)10-5-8-6-14-12-11-8/h6-7,9-10,13H,3-5H2,1-2H3. The van der Waals surface area contributed by atoms with Crippen LogP contribution in [0.1, 0.15) is 26.0 Å². The van der Waals surface area contributed by atoms with Gasteiger partial charge in [0.25, 0.3) is 0 Å². The average Bonchev–Trinajstić information content (AvgIpc) is 2.64. The quantitative estimate of drug-likeness (QED) is 0.744. The van der Waals surface area contributed by atoms with Gasteiger partial charge in [-0.15, -0.1) is 5.10 Å². The third-order valence-electron chi connectivity index (χ3n) is 2.20. The topological polar surface area (TPSA) is 58.0 Å². The number of nitrogens with one attached hydrogen (secondary N) is 1. The molecule has 1 unspecified atom stereocenters. The van der Waals surface area contributed by atoms with Crippen molar-refractivity contribution in [1.29, 1.82) is 0 Å². The van der Waals surface area contributed by atoms with Crippen LogP contribution >= 0.6 is 11.5 Å². The average molecular weight is 215 g/mol. The van der Waals surface area contributed by atoms with E-state index in [-0.39, 0.29) is 6.61 Å². The Hall–Kier alpha value is -0.520. The zero-order valence-electron chi connectivity index (χ0n) is 8.60. The maximum atomic E-state index is 8.88. The molecule has 0 fully saturated rings. The third kappa shape index (κ3) is 3.69. The first kappa shape index (κ1) is 11.6. The van der Waals surface area contributed by atoms with Crippen LogP contribution in [0, 0.1) is 5.92 Å². The normalized spacial score (nSPS) is 13.4. The van der Waals surface area contributed by atoms with E-state index in [4.69, 9.17) is 5.11 Å². The van der Waals surface area contributed by atoms with E-state index in [1.54, 1.807) is 0 Å². The Morgan fingerprint density at radius 1 is 1.57 bits per heavy atom. The van der Waals surface area contributed by atoms with Crippen molar-refractivity contribution in [3.05, 3.63) is 11.1 Å². The molecule has 1 heterocycles. The van der Waals surface area contributed by atoms with Crippen molar-refractivity contribution in [3.8, 4) is 0 Å². The number of nitrogens with zero attached hydrogens (tertiary/aromatic N) is 2. The van der Waals surface area contributed by atoms with Gasteiger partial charge in [0.2, 0.25) is 0 Å². The lowest BCUT2D eigenvalue weighted by molar-refractivity contribution is 0.243. The van der Waals surface area contributed by atoms with E-state index in [0.29, 0.717) is 12.0 Å². The van der Waals surface area contributed by atoms with Crippen LogP contribution in [0.3, 0.4) is 0 Å². The van der Waals surface area contributed by atoms with Crippen LogP contribution in [-0.2, 0) is 6.54 Å². The second-order valence-electron chi connectivity index (χ2n) is 3.64. The highest BCUT2D eigenvalue weighted by Gasteiger charge is 2.12. The first-order valence-corrected chi connectivity index (χ1v) is 5.68. The van der Waals surface area contributed by atoms with Gasteiger partial charge in [0.05, 0.1) is 5.69 Å². The van der Waals surface area contributed by atoms with E-state index in [0.717, 1.165) is 18.7 Å². The van der Waals surface area contributed by atoms with Crippen LogP contribution in [0.25, 0.3) is 0 Å². The van der Waals surface area contributed by atoms with Gasteiger partial charge in [-0.2, -0.15) is 0 Å². The van der Waals surface area contributed by atoms with Crippen LogP contribution in [-0.4, -0.2) is 27.3 Å². The molecule has 0 saturated carbocycles. The molecule has 4 nitrogen and oxygen atoms in total. The third-order valence-corrected chi connectivity index (χ3v) is 2.75. The minimum Gasteiger partial charge on any atom is -0.396 e. The Morgan fingerprint density at radius 3 is 2.86 bits per heavy atom. The predicted molar refractivity (Wildman–Crippen MR) is 57.1 cm³/mol. The summed E-state index contributed by atoms with van der Waals surface area (Å²) in [6.45, 7) is 5.25. The van der Waals surface area contributed by atoms with Gasteiger partial charge in [-0.05, 0) is 23.9 Å². The van der Waals surface area contributed by atoms with Gasteiger partial charge >= 0.3 is 0 Å². The fourth-order valence-electron chi connectivity index (χ4n) is 1.31.